The average Bonchev–Trinajstić information content (AvgIpc) is 3.38. The number of rotatable bonds is 4. The van der Waals surface area contributed by atoms with E-state index in [1.807, 2.05) is 29.4 Å². The number of benzene rings is 1. The average molecular weight is 451 g/mol. The van der Waals surface area contributed by atoms with Crippen molar-refractivity contribution in [2.24, 2.45) is 0 Å². The van der Waals surface area contributed by atoms with Crippen LogP contribution in [-0.2, 0) is 0 Å². The minimum Gasteiger partial charge on any atom is -0.351 e. The zero-order valence-corrected chi connectivity index (χ0v) is 18.8. The largest absolute Gasteiger partial charge is 0.351 e. The molecule has 1 aromatic carbocycles. The molecule has 1 atom stereocenters. The van der Waals surface area contributed by atoms with Crippen LogP contribution in [0.3, 0.4) is 0 Å². The summed E-state index contributed by atoms with van der Waals surface area (Å²) in [5, 5.41) is 11.5. The Morgan fingerprint density at radius 3 is 2.94 bits per heavy atom. The maximum absolute atomic E-state index is 13.6. The molecule has 4 heterocycles. The minimum atomic E-state index is -0.0369. The molecule has 9 heteroatoms. The zero-order valence-electron chi connectivity index (χ0n) is 17.2. The maximum Gasteiger partial charge on any atom is 0.263 e. The van der Waals surface area contributed by atoms with Gasteiger partial charge in [0.1, 0.15) is 21.4 Å². The Morgan fingerprint density at radius 1 is 1.19 bits per heavy atom. The Bertz CT molecular complexity index is 1160. The van der Waals surface area contributed by atoms with Gasteiger partial charge in [-0.2, -0.15) is 0 Å². The summed E-state index contributed by atoms with van der Waals surface area (Å²) in [5.41, 5.74) is 2.48. The van der Waals surface area contributed by atoms with Gasteiger partial charge in [-0.15, -0.1) is 10.2 Å². The number of carbonyl (C=O) groups is 1. The molecule has 0 bridgehead atoms. The maximum atomic E-state index is 13.6. The molecule has 2 aromatic heterocycles. The fourth-order valence-corrected chi connectivity index (χ4v) is 5.79. The molecule has 1 saturated heterocycles. The third kappa shape index (κ3) is 3.40. The highest BCUT2D eigenvalue weighted by Gasteiger charge is 2.37. The van der Waals surface area contributed by atoms with Gasteiger partial charge in [-0.3, -0.25) is 4.79 Å². The smallest absolute Gasteiger partial charge is 0.263 e. The van der Waals surface area contributed by atoms with E-state index in [-0.39, 0.29) is 11.9 Å². The van der Waals surface area contributed by atoms with Crippen molar-refractivity contribution < 1.29 is 4.79 Å². The van der Waals surface area contributed by atoms with Gasteiger partial charge in [0.2, 0.25) is 0 Å². The van der Waals surface area contributed by atoms with Crippen LogP contribution in [-0.4, -0.2) is 51.5 Å². The third-order valence-electron chi connectivity index (χ3n) is 6.22. The standard InChI is InChI=1S/C22H22N6OS2/c1-30-22-23-11-17-18(24-22)27-9-3-6-16(27)12-28(21(17)29)15-5-2-4-14(10-15)20-26-25-19(31-20)13-7-8-13/h2,4-5,10-11,13,16H,3,6-9,12H2,1H3. The summed E-state index contributed by atoms with van der Waals surface area (Å²) in [6.45, 7) is 1.58. The number of anilines is 2. The van der Waals surface area contributed by atoms with Crippen molar-refractivity contribution in [1.29, 1.82) is 0 Å². The molecular weight excluding hydrogens is 428 g/mol. The second kappa shape index (κ2) is 7.56. The van der Waals surface area contributed by atoms with Gasteiger partial charge in [0.15, 0.2) is 5.16 Å². The van der Waals surface area contributed by atoms with E-state index in [1.165, 1.54) is 24.6 Å². The van der Waals surface area contributed by atoms with E-state index < -0.39 is 0 Å². The Balaban J connectivity index is 1.39. The second-order valence-electron chi connectivity index (χ2n) is 8.27. The lowest BCUT2D eigenvalue weighted by molar-refractivity contribution is 0.0988. The monoisotopic (exact) mass is 450 g/mol. The summed E-state index contributed by atoms with van der Waals surface area (Å²) in [5.74, 6) is 1.34. The van der Waals surface area contributed by atoms with Crippen LogP contribution in [0.4, 0.5) is 11.5 Å². The fourth-order valence-electron chi connectivity index (χ4n) is 4.44. The molecule has 1 aliphatic carbocycles. The molecule has 0 spiro atoms. The lowest BCUT2D eigenvalue weighted by Crippen LogP contribution is -2.39. The van der Waals surface area contributed by atoms with Gasteiger partial charge in [0, 0.05) is 42.5 Å². The lowest BCUT2D eigenvalue weighted by Gasteiger charge is -2.27. The van der Waals surface area contributed by atoms with Crippen LogP contribution in [0.1, 0.15) is 47.0 Å². The van der Waals surface area contributed by atoms with Crippen molar-refractivity contribution in [2.75, 3.05) is 29.1 Å². The summed E-state index contributed by atoms with van der Waals surface area (Å²) in [6.07, 6.45) is 8.26. The van der Waals surface area contributed by atoms with Crippen molar-refractivity contribution in [3.63, 3.8) is 0 Å². The van der Waals surface area contributed by atoms with Gasteiger partial charge in [-0.05, 0) is 44.1 Å². The van der Waals surface area contributed by atoms with Crippen LogP contribution in [0.25, 0.3) is 10.6 Å². The molecule has 2 aliphatic heterocycles. The van der Waals surface area contributed by atoms with Gasteiger partial charge >= 0.3 is 0 Å². The summed E-state index contributed by atoms with van der Waals surface area (Å²) in [4.78, 5) is 26.9. The first-order valence-electron chi connectivity index (χ1n) is 10.6. The van der Waals surface area contributed by atoms with Gasteiger partial charge in [0.05, 0.1) is 0 Å². The molecule has 1 amide bonds. The predicted octanol–water partition coefficient (Wildman–Crippen LogP) is 4.22. The molecule has 158 valence electrons. The van der Waals surface area contributed by atoms with Crippen molar-refractivity contribution in [3.05, 3.63) is 41.0 Å². The zero-order chi connectivity index (χ0) is 20.9. The van der Waals surface area contributed by atoms with Crippen LogP contribution in [0.5, 0.6) is 0 Å². The number of hydrogen-bond donors (Lipinski definition) is 0. The van der Waals surface area contributed by atoms with E-state index >= 15 is 0 Å². The van der Waals surface area contributed by atoms with E-state index in [0.717, 1.165) is 46.5 Å². The number of fused-ring (bicyclic) bond motifs is 3. The van der Waals surface area contributed by atoms with E-state index in [1.54, 1.807) is 17.5 Å². The summed E-state index contributed by atoms with van der Waals surface area (Å²) >= 11 is 3.17. The van der Waals surface area contributed by atoms with Crippen LogP contribution < -0.4 is 9.80 Å². The Labute approximate surface area is 188 Å². The highest BCUT2D eigenvalue weighted by atomic mass is 32.2. The van der Waals surface area contributed by atoms with Crippen molar-refractivity contribution >= 4 is 40.5 Å². The van der Waals surface area contributed by atoms with Crippen molar-refractivity contribution in [2.45, 2.75) is 42.8 Å². The van der Waals surface area contributed by atoms with Crippen molar-refractivity contribution in [1.82, 2.24) is 20.2 Å². The van der Waals surface area contributed by atoms with Crippen molar-refractivity contribution in [3.8, 4) is 10.6 Å². The van der Waals surface area contributed by atoms with E-state index in [9.17, 15) is 4.79 Å². The number of carbonyl (C=O) groups excluding carboxylic acids is 1. The van der Waals surface area contributed by atoms with E-state index in [4.69, 9.17) is 4.98 Å². The number of hydrogen-bond acceptors (Lipinski definition) is 8. The van der Waals surface area contributed by atoms with Crippen LogP contribution in [0.15, 0.2) is 35.6 Å². The topological polar surface area (TPSA) is 75.1 Å². The normalized spacial score (nSPS) is 20.5. The molecule has 31 heavy (non-hydrogen) atoms. The minimum absolute atomic E-state index is 0.0369. The van der Waals surface area contributed by atoms with Gasteiger partial charge < -0.3 is 9.80 Å². The first kappa shape index (κ1) is 19.2. The molecule has 7 nitrogen and oxygen atoms in total. The lowest BCUT2D eigenvalue weighted by atomic mass is 10.1. The molecular formula is C22H22N6OS2. The number of thioether (sulfide) groups is 1. The van der Waals surface area contributed by atoms with Gasteiger partial charge in [-0.25, -0.2) is 9.97 Å². The van der Waals surface area contributed by atoms with Gasteiger partial charge in [0.25, 0.3) is 5.91 Å². The van der Waals surface area contributed by atoms with E-state index in [0.29, 0.717) is 23.2 Å². The number of nitrogens with zero attached hydrogens (tertiary/aromatic N) is 6. The number of amides is 1. The fraction of sp³-hybridized carbons (Fsp3) is 0.409. The predicted molar refractivity (Wildman–Crippen MR) is 123 cm³/mol. The molecule has 1 saturated carbocycles. The number of aromatic nitrogens is 4. The molecule has 1 unspecified atom stereocenters. The molecule has 0 radical (unpaired) electrons. The molecule has 3 aromatic rings. The first-order valence-corrected chi connectivity index (χ1v) is 12.7. The summed E-state index contributed by atoms with van der Waals surface area (Å²) in [7, 11) is 0. The second-order valence-corrected chi connectivity index (χ2v) is 10.1. The van der Waals surface area contributed by atoms with Crippen LogP contribution >= 0.6 is 23.1 Å². The Hall–Kier alpha value is -2.52. The van der Waals surface area contributed by atoms with Gasteiger partial charge in [-0.1, -0.05) is 35.2 Å². The molecule has 6 rings (SSSR count). The Kier molecular flexibility index (Phi) is 4.68. The SMILES string of the molecule is CSc1ncc2c(n1)N1CCCC1CN(c1cccc(-c3nnc(C4CC4)s3)c1)C2=O. The molecule has 0 N–H and O–H groups in total. The highest BCUT2D eigenvalue weighted by molar-refractivity contribution is 7.98. The highest BCUT2D eigenvalue weighted by Crippen LogP contribution is 2.43. The van der Waals surface area contributed by atoms with Crippen LogP contribution in [0, 0.1) is 0 Å². The first-order chi connectivity index (χ1) is 15.2. The van der Waals surface area contributed by atoms with Crippen LogP contribution in [0.2, 0.25) is 0 Å². The quantitative estimate of drug-likeness (QED) is 0.435. The third-order valence-corrected chi connectivity index (χ3v) is 7.92. The molecule has 3 aliphatic rings. The molecule has 2 fully saturated rings. The summed E-state index contributed by atoms with van der Waals surface area (Å²) in [6, 6.07) is 8.39. The van der Waals surface area contributed by atoms with E-state index in [2.05, 4.69) is 26.1 Å². The Morgan fingerprint density at radius 2 is 2.10 bits per heavy atom. The summed E-state index contributed by atoms with van der Waals surface area (Å²) < 4.78 is 0.